The van der Waals surface area contributed by atoms with Crippen LogP contribution in [-0.4, -0.2) is 11.1 Å². The number of hydrogen-bond acceptors (Lipinski definition) is 2. The van der Waals surface area contributed by atoms with Gasteiger partial charge in [0.05, 0.1) is 6.20 Å². The van der Waals surface area contributed by atoms with Crippen molar-refractivity contribution in [2.75, 3.05) is 0 Å². The van der Waals surface area contributed by atoms with Crippen LogP contribution in [0.1, 0.15) is 22.8 Å². The van der Waals surface area contributed by atoms with Crippen LogP contribution in [0.4, 0.5) is 87.8 Å². The molecule has 0 saturated heterocycles. The van der Waals surface area contributed by atoms with Crippen molar-refractivity contribution < 1.29 is 97.1 Å². The lowest BCUT2D eigenvalue weighted by Gasteiger charge is -2.44. The van der Waals surface area contributed by atoms with Crippen molar-refractivity contribution in [1.29, 1.82) is 0 Å². The Labute approximate surface area is 366 Å². The van der Waals surface area contributed by atoms with E-state index in [1.54, 1.807) is 6.20 Å². The highest BCUT2D eigenvalue weighted by atomic mass is 19.2. The zero-order valence-corrected chi connectivity index (χ0v) is 32.8. The molecule has 0 radical (unpaired) electrons. The SMILES string of the molecule is C1=CC(Oc2c[n+](Cc3ccccc3)ccn2)c2ccccc21.Fc1c(F)c(F)c([B-](c2c(F)c(F)c(F)c(F)c2F)(c2c(F)c(F)c(F)c(F)c2F)c2c(F)c(F)c(F)c(F)c2F)c(F)c1F. The zero-order chi connectivity index (χ0) is 49.8. The Bertz CT molecular complexity index is 2820. The predicted molar refractivity (Wildman–Crippen MR) is 198 cm³/mol. The molecule has 1 aromatic heterocycles. The van der Waals surface area contributed by atoms with Gasteiger partial charge in [0.2, 0.25) is 6.20 Å². The Kier molecular flexibility index (Phi) is 13.1. The molecule has 6 aromatic carbocycles. The molecule has 0 amide bonds. The summed E-state index contributed by atoms with van der Waals surface area (Å²) in [5, 5.41) is 0. The van der Waals surface area contributed by atoms with Crippen LogP contribution in [0.5, 0.6) is 5.88 Å². The monoisotopic (exact) mass is 980 g/mol. The van der Waals surface area contributed by atoms with E-state index >= 15 is 35.1 Å². The van der Waals surface area contributed by atoms with E-state index in [9.17, 15) is 52.7 Å². The van der Waals surface area contributed by atoms with Crippen LogP contribution in [0.3, 0.4) is 0 Å². The van der Waals surface area contributed by atoms with Gasteiger partial charge in [-0.05, 0) is 11.6 Å². The summed E-state index contributed by atoms with van der Waals surface area (Å²) in [6.45, 7) is 0.802. The predicted octanol–water partition coefficient (Wildman–Crippen LogP) is 9.41. The topological polar surface area (TPSA) is 26.0 Å². The van der Waals surface area contributed by atoms with Crippen molar-refractivity contribution in [3.05, 3.63) is 212 Å². The summed E-state index contributed by atoms with van der Waals surface area (Å²) < 4.78 is 302. The zero-order valence-electron chi connectivity index (χ0n) is 32.8. The molecule has 0 aliphatic heterocycles. The van der Waals surface area contributed by atoms with Gasteiger partial charge in [0, 0.05) is 11.1 Å². The lowest BCUT2D eigenvalue weighted by atomic mass is 9.12. The molecule has 3 nitrogen and oxygen atoms in total. The number of nitrogens with zero attached hydrogens (tertiary/aromatic N) is 2. The lowest BCUT2D eigenvalue weighted by molar-refractivity contribution is -0.689. The second-order valence-electron chi connectivity index (χ2n) is 14.4. The van der Waals surface area contributed by atoms with E-state index < -0.39 is 144 Å². The highest BCUT2D eigenvalue weighted by Crippen LogP contribution is 2.33. The highest BCUT2D eigenvalue weighted by molar-refractivity contribution is 7.20. The summed E-state index contributed by atoms with van der Waals surface area (Å²) in [4.78, 5) is 4.34. The van der Waals surface area contributed by atoms with Crippen LogP contribution in [0.25, 0.3) is 6.08 Å². The molecule has 8 rings (SSSR count). The van der Waals surface area contributed by atoms with Gasteiger partial charge in [-0.1, -0.05) is 60.7 Å². The Morgan fingerprint density at radius 2 is 0.765 bits per heavy atom. The van der Waals surface area contributed by atoms with E-state index in [0.717, 1.165) is 6.54 Å². The third kappa shape index (κ3) is 7.73. The third-order valence-corrected chi connectivity index (χ3v) is 10.7. The first kappa shape index (κ1) is 48.5. The normalized spacial score (nSPS) is 13.1. The summed E-state index contributed by atoms with van der Waals surface area (Å²) >= 11 is 0. The Morgan fingerprint density at radius 1 is 0.426 bits per heavy atom. The molecule has 1 heterocycles. The van der Waals surface area contributed by atoms with Crippen LogP contribution in [0.2, 0.25) is 0 Å². The maximum absolute atomic E-state index is 15.4. The lowest BCUT2D eigenvalue weighted by Crippen LogP contribution is -2.81. The van der Waals surface area contributed by atoms with Gasteiger partial charge in [-0.25, -0.2) is 92.8 Å². The van der Waals surface area contributed by atoms with Crippen molar-refractivity contribution in [3.63, 3.8) is 0 Å². The molecule has 68 heavy (non-hydrogen) atoms. The Hall–Kier alpha value is -7.40. The molecule has 1 atom stereocenters. The van der Waals surface area contributed by atoms with Crippen LogP contribution in [-0.2, 0) is 6.54 Å². The van der Waals surface area contributed by atoms with Crippen LogP contribution >= 0.6 is 0 Å². The molecule has 0 N–H and O–H groups in total. The molecule has 24 heteroatoms. The number of benzene rings is 6. The van der Waals surface area contributed by atoms with Gasteiger partial charge in [-0.2, -0.15) is 4.57 Å². The number of hydrogen-bond donors (Lipinski definition) is 0. The molecule has 352 valence electrons. The van der Waals surface area contributed by atoms with Gasteiger partial charge < -0.3 is 4.74 Å². The maximum Gasteiger partial charge on any atom is 0.280 e. The number of fused-ring (bicyclic) bond motifs is 1. The largest absolute Gasteiger partial charge is 0.461 e. The molecular formula is C44H17BF20N2O. The molecule has 0 saturated carbocycles. The van der Waals surface area contributed by atoms with Crippen molar-refractivity contribution in [1.82, 2.24) is 4.98 Å². The molecule has 0 fully saturated rings. The smallest absolute Gasteiger partial charge is 0.280 e. The molecule has 0 bridgehead atoms. The standard InChI is InChI=1S/C24BF20.C20H17N2O/c26-5-1(6(27)14(35)21(42)13(5)34)25(2-7(28)15(36)22(43)16(37)8(2)29,3-9(30)17(38)23(44)18(39)10(3)31)4-11(32)19(40)24(45)20(41)12(4)33;1-2-6-16(7-3-1)14-22-13-12-21-20(15-22)23-19-11-10-17-8-4-5-9-18(17)19/h;1-13,15,19H,14H2/q-1;+1. The molecule has 0 spiro atoms. The minimum absolute atomic E-state index is 0.0636. The minimum Gasteiger partial charge on any atom is -0.461 e. The van der Waals surface area contributed by atoms with E-state index in [1.165, 1.54) is 16.7 Å². The fraction of sp³-hybridized carbons (Fsp3) is 0.0455. The first-order valence-corrected chi connectivity index (χ1v) is 18.6. The molecule has 1 aliphatic rings. The van der Waals surface area contributed by atoms with E-state index in [-0.39, 0.29) is 6.10 Å². The molecule has 1 aliphatic carbocycles. The average Bonchev–Trinajstić information content (AvgIpc) is 3.74. The van der Waals surface area contributed by atoms with Gasteiger partial charge >= 0.3 is 0 Å². The van der Waals surface area contributed by atoms with E-state index in [1.807, 2.05) is 30.6 Å². The first-order chi connectivity index (χ1) is 32.1. The fourth-order valence-electron chi connectivity index (χ4n) is 7.69. The Balaban J connectivity index is 0.000000246. The quantitative estimate of drug-likeness (QED) is 0.0499. The maximum atomic E-state index is 15.4. The van der Waals surface area contributed by atoms with Gasteiger partial charge in [-0.15, -0.1) is 21.9 Å². The summed E-state index contributed by atoms with van der Waals surface area (Å²) in [5.74, 6) is -70.8. The fourth-order valence-corrected chi connectivity index (χ4v) is 7.69. The molecule has 1 unspecified atom stereocenters. The molecule has 7 aromatic rings. The van der Waals surface area contributed by atoms with Crippen molar-refractivity contribution in [2.24, 2.45) is 0 Å². The Morgan fingerprint density at radius 3 is 1.15 bits per heavy atom. The first-order valence-electron chi connectivity index (χ1n) is 18.6. The summed E-state index contributed by atoms with van der Waals surface area (Å²) in [6, 6.07) is 18.6. The highest BCUT2D eigenvalue weighted by Gasteiger charge is 2.52. The second kappa shape index (κ2) is 18.4. The van der Waals surface area contributed by atoms with Gasteiger partial charge in [0.15, 0.2) is 82.5 Å². The summed E-state index contributed by atoms with van der Waals surface area (Å²) in [5.41, 5.74) is -10.7. The van der Waals surface area contributed by atoms with E-state index in [0.29, 0.717) is 5.88 Å². The summed E-state index contributed by atoms with van der Waals surface area (Å²) in [6.07, 6.45) is 2.57. The average molecular weight is 980 g/mol. The number of aromatic nitrogens is 2. The van der Waals surface area contributed by atoms with Gasteiger partial charge in [0.25, 0.3) is 5.88 Å². The van der Waals surface area contributed by atoms with Gasteiger partial charge in [0.1, 0.15) is 58.8 Å². The second-order valence-corrected chi connectivity index (χ2v) is 14.4. The minimum atomic E-state index is -7.22. The number of ether oxygens (including phenoxy) is 1. The number of halogens is 20. The summed E-state index contributed by atoms with van der Waals surface area (Å²) in [7, 11) is 0. The van der Waals surface area contributed by atoms with Crippen molar-refractivity contribution in [3.8, 4) is 5.88 Å². The van der Waals surface area contributed by atoms with E-state index in [4.69, 9.17) is 4.74 Å². The van der Waals surface area contributed by atoms with Crippen LogP contribution in [0.15, 0.2) is 79.3 Å². The van der Waals surface area contributed by atoms with Crippen molar-refractivity contribution >= 4 is 34.1 Å². The third-order valence-electron chi connectivity index (χ3n) is 10.7. The van der Waals surface area contributed by atoms with Crippen molar-refractivity contribution in [2.45, 2.75) is 12.6 Å². The van der Waals surface area contributed by atoms with Gasteiger partial charge in [-0.3, -0.25) is 0 Å². The van der Waals surface area contributed by atoms with Crippen LogP contribution in [0, 0.1) is 116 Å². The van der Waals surface area contributed by atoms with E-state index in [2.05, 4.69) is 58.1 Å². The number of rotatable bonds is 8. The van der Waals surface area contributed by atoms with Crippen LogP contribution < -0.4 is 31.2 Å². The molecular weight excluding hydrogens is 963 g/mol.